The molecule has 5 rings (SSSR count). The lowest BCUT2D eigenvalue weighted by molar-refractivity contribution is 0.102. The zero-order valence-electron chi connectivity index (χ0n) is 13.2. The Hall–Kier alpha value is -2.79. The number of aromatic nitrogens is 1. The van der Waals surface area contributed by atoms with Gasteiger partial charge in [0.2, 0.25) is 0 Å². The summed E-state index contributed by atoms with van der Waals surface area (Å²) in [5, 5.41) is 5.86. The van der Waals surface area contributed by atoms with Gasteiger partial charge in [-0.05, 0) is 59.7 Å². The van der Waals surface area contributed by atoms with Gasteiger partial charge in [0.05, 0.1) is 10.2 Å². The molecule has 0 atom stereocenters. The first-order chi connectivity index (χ1) is 12.2. The van der Waals surface area contributed by atoms with Crippen molar-refractivity contribution in [1.82, 2.24) is 4.98 Å². The number of anilines is 1. The van der Waals surface area contributed by atoms with Crippen LogP contribution in [0.2, 0.25) is 0 Å². The van der Waals surface area contributed by atoms with Crippen LogP contribution in [0.25, 0.3) is 21.0 Å². The maximum Gasteiger partial charge on any atom is 0.257 e. The molecule has 0 unspecified atom stereocenters. The average molecular weight is 348 g/mol. The van der Waals surface area contributed by atoms with Crippen molar-refractivity contribution in [3.63, 3.8) is 0 Å². The van der Waals surface area contributed by atoms with Gasteiger partial charge in [0.15, 0.2) is 5.13 Å². The molecular weight excluding hydrogens is 335 g/mol. The number of rotatable bonds is 2. The Morgan fingerprint density at radius 1 is 1.08 bits per heavy atom. The van der Waals surface area contributed by atoms with Gasteiger partial charge in [0.1, 0.15) is 5.82 Å². The molecule has 1 N–H and O–H groups in total. The average Bonchev–Trinajstić information content (AvgIpc) is 3.21. The Labute approximate surface area is 147 Å². The van der Waals surface area contributed by atoms with Crippen molar-refractivity contribution in [3.8, 4) is 0 Å². The Balaban J connectivity index is 1.57. The molecule has 4 aromatic rings. The van der Waals surface area contributed by atoms with Crippen LogP contribution in [0, 0.1) is 5.82 Å². The van der Waals surface area contributed by atoms with Crippen LogP contribution in [-0.4, -0.2) is 10.9 Å². The molecule has 122 valence electrons. The molecule has 0 aliphatic heterocycles. The molecule has 0 saturated heterocycles. The molecule has 0 saturated carbocycles. The highest BCUT2D eigenvalue weighted by Crippen LogP contribution is 2.39. The van der Waals surface area contributed by atoms with Crippen molar-refractivity contribution in [3.05, 3.63) is 71.0 Å². The van der Waals surface area contributed by atoms with Gasteiger partial charge in [-0.3, -0.25) is 10.1 Å². The molecule has 1 aliphatic rings. The van der Waals surface area contributed by atoms with Crippen LogP contribution in [-0.2, 0) is 12.8 Å². The number of thiazole rings is 1. The largest absolute Gasteiger partial charge is 0.298 e. The van der Waals surface area contributed by atoms with E-state index in [-0.39, 0.29) is 11.7 Å². The second-order valence-corrected chi connectivity index (χ2v) is 7.23. The van der Waals surface area contributed by atoms with E-state index in [9.17, 15) is 9.18 Å². The van der Waals surface area contributed by atoms with Crippen LogP contribution in [0.4, 0.5) is 9.52 Å². The van der Waals surface area contributed by atoms with Crippen molar-refractivity contribution < 1.29 is 9.18 Å². The Kier molecular flexibility index (Phi) is 3.12. The van der Waals surface area contributed by atoms with E-state index in [1.807, 2.05) is 0 Å². The van der Waals surface area contributed by atoms with Crippen molar-refractivity contribution in [2.24, 2.45) is 0 Å². The van der Waals surface area contributed by atoms with Crippen LogP contribution in [0.5, 0.6) is 0 Å². The van der Waals surface area contributed by atoms with E-state index in [0.29, 0.717) is 10.7 Å². The monoisotopic (exact) mass is 348 g/mol. The van der Waals surface area contributed by atoms with Gasteiger partial charge in [-0.2, -0.15) is 0 Å². The van der Waals surface area contributed by atoms with E-state index in [1.165, 1.54) is 52.1 Å². The quantitative estimate of drug-likeness (QED) is 0.557. The summed E-state index contributed by atoms with van der Waals surface area (Å²) >= 11 is 1.47. The third kappa shape index (κ3) is 2.31. The highest BCUT2D eigenvalue weighted by atomic mass is 32.1. The Morgan fingerprint density at radius 2 is 1.88 bits per heavy atom. The number of hydrogen-bond donors (Lipinski definition) is 1. The van der Waals surface area contributed by atoms with Gasteiger partial charge in [0, 0.05) is 10.9 Å². The number of fused-ring (bicyclic) bond motifs is 2. The second-order valence-electron chi connectivity index (χ2n) is 6.20. The fourth-order valence-corrected chi connectivity index (χ4v) is 4.47. The van der Waals surface area contributed by atoms with Crippen molar-refractivity contribution >= 4 is 43.4 Å². The number of halogens is 1. The summed E-state index contributed by atoms with van der Waals surface area (Å²) in [5.74, 6) is -0.642. The molecule has 1 aromatic heterocycles. The lowest BCUT2D eigenvalue weighted by Gasteiger charge is -2.02. The summed E-state index contributed by atoms with van der Waals surface area (Å²) in [7, 11) is 0. The summed E-state index contributed by atoms with van der Waals surface area (Å²) in [5.41, 5.74) is 4.08. The van der Waals surface area contributed by atoms with Gasteiger partial charge in [-0.1, -0.05) is 29.5 Å². The summed E-state index contributed by atoms with van der Waals surface area (Å²) < 4.78 is 14.1. The number of amides is 1. The minimum Gasteiger partial charge on any atom is -0.298 e. The molecule has 1 amide bonds. The summed E-state index contributed by atoms with van der Waals surface area (Å²) in [6.45, 7) is 0. The van der Waals surface area contributed by atoms with Gasteiger partial charge in [-0.25, -0.2) is 9.37 Å². The van der Waals surface area contributed by atoms with E-state index in [2.05, 4.69) is 34.6 Å². The highest BCUT2D eigenvalue weighted by molar-refractivity contribution is 7.22. The first kappa shape index (κ1) is 14.5. The standard InChI is InChI=1S/C20H13FN2OS/c21-14-8-6-12(7-9-14)19(24)23-20-22-18-15-3-1-2-11-4-5-13(17(11)15)10-16(18)25-20/h1-3,6-10H,4-5H2,(H,22,23,24). The molecule has 5 heteroatoms. The van der Waals surface area contributed by atoms with Gasteiger partial charge >= 0.3 is 0 Å². The number of carbonyl (C=O) groups excluding carboxylic acids is 1. The van der Waals surface area contributed by atoms with Crippen molar-refractivity contribution in [1.29, 1.82) is 0 Å². The fourth-order valence-electron chi connectivity index (χ4n) is 3.53. The third-order valence-electron chi connectivity index (χ3n) is 4.68. The van der Waals surface area contributed by atoms with Gasteiger partial charge in [0.25, 0.3) is 5.91 Å². The number of carbonyl (C=O) groups is 1. The van der Waals surface area contributed by atoms with E-state index < -0.39 is 0 Å². The van der Waals surface area contributed by atoms with Crippen molar-refractivity contribution in [2.75, 3.05) is 5.32 Å². The number of benzene rings is 3. The molecule has 1 aliphatic carbocycles. The number of nitrogens with zero attached hydrogens (tertiary/aromatic N) is 1. The number of nitrogens with one attached hydrogen (secondary N) is 1. The molecule has 1 heterocycles. The summed E-state index contributed by atoms with van der Waals surface area (Å²) in [6.07, 6.45) is 2.14. The van der Waals surface area contributed by atoms with Crippen LogP contribution in [0.1, 0.15) is 21.5 Å². The molecule has 3 aromatic carbocycles. The first-order valence-corrected chi connectivity index (χ1v) is 8.91. The smallest absolute Gasteiger partial charge is 0.257 e. The Morgan fingerprint density at radius 3 is 2.72 bits per heavy atom. The molecule has 25 heavy (non-hydrogen) atoms. The van der Waals surface area contributed by atoms with Crippen LogP contribution >= 0.6 is 11.3 Å². The predicted octanol–water partition coefficient (Wildman–Crippen LogP) is 4.94. The van der Waals surface area contributed by atoms with E-state index in [0.717, 1.165) is 28.4 Å². The van der Waals surface area contributed by atoms with Crippen LogP contribution in [0.15, 0.2) is 48.5 Å². The molecule has 0 bridgehead atoms. The number of hydrogen-bond acceptors (Lipinski definition) is 3. The maximum atomic E-state index is 13.0. The summed E-state index contributed by atoms with van der Waals surface area (Å²) in [6, 6.07) is 14.0. The Bertz CT molecular complexity index is 1150. The third-order valence-corrected chi connectivity index (χ3v) is 5.59. The minimum absolute atomic E-state index is 0.281. The first-order valence-electron chi connectivity index (χ1n) is 8.10. The SMILES string of the molecule is O=C(Nc1nc2c(cc3c4c(cccc42)CC3)s1)c1ccc(F)cc1. The van der Waals surface area contributed by atoms with E-state index in [4.69, 9.17) is 0 Å². The number of aryl methyl sites for hydroxylation is 2. The van der Waals surface area contributed by atoms with Crippen LogP contribution < -0.4 is 5.32 Å². The fraction of sp³-hybridized carbons (Fsp3) is 0.100. The van der Waals surface area contributed by atoms with E-state index in [1.54, 1.807) is 0 Å². The minimum atomic E-state index is -0.360. The van der Waals surface area contributed by atoms with Crippen LogP contribution in [0.3, 0.4) is 0 Å². The van der Waals surface area contributed by atoms with Crippen molar-refractivity contribution in [2.45, 2.75) is 12.8 Å². The topological polar surface area (TPSA) is 42.0 Å². The van der Waals surface area contributed by atoms with Gasteiger partial charge < -0.3 is 0 Å². The normalized spacial score (nSPS) is 12.8. The predicted molar refractivity (Wildman–Crippen MR) is 98.9 cm³/mol. The lowest BCUT2D eigenvalue weighted by atomic mass is 10.0. The van der Waals surface area contributed by atoms with E-state index >= 15 is 0 Å². The molecule has 0 fully saturated rings. The molecular formula is C20H13FN2OS. The summed E-state index contributed by atoms with van der Waals surface area (Å²) in [4.78, 5) is 17.0. The zero-order valence-corrected chi connectivity index (χ0v) is 14.0. The highest BCUT2D eigenvalue weighted by Gasteiger charge is 2.19. The lowest BCUT2D eigenvalue weighted by Crippen LogP contribution is -2.11. The molecule has 3 nitrogen and oxygen atoms in total. The van der Waals surface area contributed by atoms with Gasteiger partial charge in [-0.15, -0.1) is 0 Å². The zero-order chi connectivity index (χ0) is 17.0. The second kappa shape index (κ2) is 5.36. The molecule has 0 radical (unpaired) electrons. The molecule has 0 spiro atoms. The maximum absolute atomic E-state index is 13.0.